The van der Waals surface area contributed by atoms with E-state index in [1.807, 2.05) is 36.4 Å². The Bertz CT molecular complexity index is 3450. The van der Waals surface area contributed by atoms with Gasteiger partial charge in [-0.05, 0) is 80.9 Å². The van der Waals surface area contributed by atoms with E-state index >= 15 is 0 Å². The van der Waals surface area contributed by atoms with E-state index in [4.69, 9.17) is 19.4 Å². The largest absolute Gasteiger partial charge is 0.456 e. The quantitative estimate of drug-likeness (QED) is 0.175. The summed E-state index contributed by atoms with van der Waals surface area (Å²) < 4.78 is 8.86. The van der Waals surface area contributed by atoms with Gasteiger partial charge in [0.2, 0.25) is 5.95 Å². The summed E-state index contributed by atoms with van der Waals surface area (Å²) in [6.07, 6.45) is 0. The van der Waals surface area contributed by atoms with Crippen molar-refractivity contribution in [2.75, 3.05) is 0 Å². The van der Waals surface area contributed by atoms with Gasteiger partial charge in [-0.15, -0.1) is 0 Å². The van der Waals surface area contributed by atoms with Crippen LogP contribution in [-0.2, 0) is 5.41 Å². The van der Waals surface area contributed by atoms with Crippen molar-refractivity contribution in [3.05, 3.63) is 193 Å². The summed E-state index contributed by atoms with van der Waals surface area (Å²) in [5, 5.41) is 4.52. The lowest BCUT2D eigenvalue weighted by Gasteiger charge is -2.21. The second-order valence-electron chi connectivity index (χ2n) is 16.1. The zero-order chi connectivity index (χ0) is 39.2. The van der Waals surface area contributed by atoms with Crippen molar-refractivity contribution < 1.29 is 4.42 Å². The molecule has 5 nitrogen and oxygen atoms in total. The average Bonchev–Trinajstić information content (AvgIpc) is 3.90. The molecule has 59 heavy (non-hydrogen) atoms. The highest BCUT2D eigenvalue weighted by atomic mass is 16.3. The van der Waals surface area contributed by atoms with Crippen molar-refractivity contribution in [3.8, 4) is 62.1 Å². The van der Waals surface area contributed by atoms with Crippen LogP contribution in [0.3, 0.4) is 0 Å². The average molecular weight is 757 g/mol. The van der Waals surface area contributed by atoms with E-state index in [1.54, 1.807) is 0 Å². The summed E-state index contributed by atoms with van der Waals surface area (Å²) in [5.41, 5.74) is 15.3. The number of furan rings is 1. The lowest BCUT2D eigenvalue weighted by Crippen LogP contribution is -2.14. The fraction of sp³-hybridized carbons (Fsp3) is 0.0556. The monoisotopic (exact) mass is 756 g/mol. The number of fused-ring (bicyclic) bond motifs is 9. The van der Waals surface area contributed by atoms with Crippen molar-refractivity contribution in [3.63, 3.8) is 0 Å². The number of nitrogens with zero attached hydrogens (tertiary/aromatic N) is 4. The third kappa shape index (κ3) is 5.21. The number of hydrogen-bond acceptors (Lipinski definition) is 4. The van der Waals surface area contributed by atoms with E-state index in [9.17, 15) is 0 Å². The van der Waals surface area contributed by atoms with Gasteiger partial charge < -0.3 is 4.42 Å². The molecule has 0 amide bonds. The Labute approximate surface area is 340 Å². The van der Waals surface area contributed by atoms with Crippen molar-refractivity contribution in [2.45, 2.75) is 19.3 Å². The smallest absolute Gasteiger partial charge is 0.238 e. The standard InChI is InChI=1S/C54H36N4O/c1-54(2)45-19-11-9-17-39(45)43-31-44-42-28-26-38(30-49(42)59-50(44)32-46(43)54)37-25-27-41-40-18-10-12-20-47(40)58(48(41)29-37)53-56-51(35-15-7-4-8-16-35)55-52(57-53)36-23-21-34(22-24-36)33-13-5-3-6-14-33/h3-32H,1-2H3. The van der Waals surface area contributed by atoms with Crippen LogP contribution in [0, 0.1) is 0 Å². The summed E-state index contributed by atoms with van der Waals surface area (Å²) >= 11 is 0. The van der Waals surface area contributed by atoms with E-state index < -0.39 is 0 Å². The van der Waals surface area contributed by atoms with E-state index in [0.29, 0.717) is 17.6 Å². The maximum atomic E-state index is 6.67. The molecule has 12 rings (SSSR count). The van der Waals surface area contributed by atoms with Gasteiger partial charge in [-0.3, -0.25) is 4.57 Å². The Morgan fingerprint density at radius 2 is 0.949 bits per heavy atom. The molecular weight excluding hydrogens is 721 g/mol. The first-order valence-corrected chi connectivity index (χ1v) is 20.1. The highest BCUT2D eigenvalue weighted by Gasteiger charge is 2.36. The minimum Gasteiger partial charge on any atom is -0.456 e. The van der Waals surface area contributed by atoms with Crippen LogP contribution in [0.15, 0.2) is 186 Å². The van der Waals surface area contributed by atoms with Crippen molar-refractivity contribution in [1.29, 1.82) is 0 Å². The van der Waals surface area contributed by atoms with E-state index in [2.05, 4.69) is 164 Å². The van der Waals surface area contributed by atoms with Gasteiger partial charge in [0.1, 0.15) is 11.2 Å². The predicted octanol–water partition coefficient (Wildman–Crippen LogP) is 13.8. The van der Waals surface area contributed by atoms with Crippen LogP contribution in [0.1, 0.15) is 25.0 Å². The molecule has 1 aliphatic carbocycles. The number of aromatic nitrogens is 4. The number of benzene rings is 8. The molecule has 0 N–H and O–H groups in total. The second-order valence-corrected chi connectivity index (χ2v) is 16.1. The molecule has 0 unspecified atom stereocenters. The van der Waals surface area contributed by atoms with Gasteiger partial charge >= 0.3 is 0 Å². The van der Waals surface area contributed by atoms with Crippen molar-refractivity contribution in [1.82, 2.24) is 19.5 Å². The van der Waals surface area contributed by atoms with Gasteiger partial charge in [-0.2, -0.15) is 9.97 Å². The first-order valence-electron chi connectivity index (χ1n) is 20.1. The van der Waals surface area contributed by atoms with Crippen LogP contribution < -0.4 is 0 Å². The molecule has 0 aliphatic heterocycles. The maximum absolute atomic E-state index is 6.67. The predicted molar refractivity (Wildman–Crippen MR) is 241 cm³/mol. The number of para-hydroxylation sites is 1. The van der Waals surface area contributed by atoms with E-state index in [0.717, 1.165) is 71.6 Å². The molecule has 278 valence electrons. The van der Waals surface area contributed by atoms with Crippen molar-refractivity contribution in [2.24, 2.45) is 0 Å². The van der Waals surface area contributed by atoms with Crippen LogP contribution in [0.5, 0.6) is 0 Å². The van der Waals surface area contributed by atoms with Crippen molar-refractivity contribution >= 4 is 43.7 Å². The molecule has 8 aromatic carbocycles. The molecule has 3 aromatic heterocycles. The zero-order valence-electron chi connectivity index (χ0n) is 32.5. The fourth-order valence-corrected chi connectivity index (χ4v) is 9.27. The molecule has 0 atom stereocenters. The molecule has 0 radical (unpaired) electrons. The van der Waals surface area contributed by atoms with E-state index in [1.165, 1.54) is 27.8 Å². The SMILES string of the molecule is CC1(C)c2ccccc2-c2cc3c(cc21)oc1cc(-c2ccc4c5ccccc5n(-c5nc(-c6ccccc6)nc(-c6ccc(-c7ccccc7)cc6)n5)c4c2)ccc13. The Hall–Kier alpha value is -7.63. The van der Waals surface area contributed by atoms with Gasteiger partial charge in [-0.1, -0.05) is 159 Å². The number of hydrogen-bond donors (Lipinski definition) is 0. The van der Waals surface area contributed by atoms with Crippen LogP contribution in [-0.4, -0.2) is 19.5 Å². The third-order valence-electron chi connectivity index (χ3n) is 12.3. The molecule has 0 fully saturated rings. The van der Waals surface area contributed by atoms with Crippen LogP contribution >= 0.6 is 0 Å². The highest BCUT2D eigenvalue weighted by Crippen LogP contribution is 2.51. The van der Waals surface area contributed by atoms with Gasteiger partial charge in [0.05, 0.1) is 11.0 Å². The Kier molecular flexibility index (Phi) is 7.20. The Morgan fingerprint density at radius 1 is 0.390 bits per heavy atom. The minimum absolute atomic E-state index is 0.0910. The normalized spacial score (nSPS) is 13.1. The summed E-state index contributed by atoms with van der Waals surface area (Å²) in [7, 11) is 0. The van der Waals surface area contributed by atoms with Gasteiger partial charge in [0.15, 0.2) is 11.6 Å². The molecule has 1 aliphatic rings. The first kappa shape index (κ1) is 33.5. The molecule has 0 saturated heterocycles. The highest BCUT2D eigenvalue weighted by molar-refractivity contribution is 6.11. The topological polar surface area (TPSA) is 56.7 Å². The second kappa shape index (κ2) is 12.7. The third-order valence-corrected chi connectivity index (χ3v) is 12.3. The maximum Gasteiger partial charge on any atom is 0.238 e. The number of rotatable bonds is 5. The lowest BCUT2D eigenvalue weighted by molar-refractivity contribution is 0.647. The van der Waals surface area contributed by atoms with Gasteiger partial charge in [-0.25, -0.2) is 4.98 Å². The molecule has 0 spiro atoms. The Morgan fingerprint density at radius 3 is 1.73 bits per heavy atom. The van der Waals surface area contributed by atoms with E-state index in [-0.39, 0.29) is 5.41 Å². The van der Waals surface area contributed by atoms with Crippen LogP contribution in [0.25, 0.3) is 106 Å². The molecule has 11 aromatic rings. The minimum atomic E-state index is -0.0910. The summed E-state index contributed by atoms with van der Waals surface area (Å²) in [6, 6.07) is 64.2. The van der Waals surface area contributed by atoms with Gasteiger partial charge in [0.25, 0.3) is 0 Å². The summed E-state index contributed by atoms with van der Waals surface area (Å²) in [5.74, 6) is 1.80. The molecule has 5 heteroatoms. The van der Waals surface area contributed by atoms with Crippen LogP contribution in [0.2, 0.25) is 0 Å². The molecule has 0 saturated carbocycles. The van der Waals surface area contributed by atoms with Gasteiger partial charge in [0, 0.05) is 38.1 Å². The summed E-state index contributed by atoms with van der Waals surface area (Å²) in [4.78, 5) is 15.4. The first-order chi connectivity index (χ1) is 29.0. The molecule has 3 heterocycles. The lowest BCUT2D eigenvalue weighted by atomic mass is 9.82. The molecular formula is C54H36N4O. The van der Waals surface area contributed by atoms with Crippen LogP contribution in [0.4, 0.5) is 0 Å². The zero-order valence-corrected chi connectivity index (χ0v) is 32.5. The molecule has 0 bridgehead atoms. The fourth-order valence-electron chi connectivity index (χ4n) is 9.27. The Balaban J connectivity index is 1.01. The summed E-state index contributed by atoms with van der Waals surface area (Å²) in [6.45, 7) is 4.62.